The van der Waals surface area contributed by atoms with Gasteiger partial charge in [-0.3, -0.25) is 4.79 Å². The molecule has 0 radical (unpaired) electrons. The number of carbonyl (C=O) groups excluding carboxylic acids is 2. The van der Waals surface area contributed by atoms with E-state index in [2.05, 4.69) is 5.32 Å². The van der Waals surface area contributed by atoms with Crippen LogP contribution >= 0.6 is 11.8 Å². The first-order chi connectivity index (χ1) is 11.0. The van der Waals surface area contributed by atoms with E-state index in [0.717, 1.165) is 16.9 Å². The second-order valence-corrected chi connectivity index (χ2v) is 6.28. The number of nitrogens with two attached hydrogens (primary N) is 1. The summed E-state index contributed by atoms with van der Waals surface area (Å²) in [5.41, 5.74) is 7.02. The molecule has 0 aliphatic carbocycles. The molecule has 0 saturated carbocycles. The maximum Gasteiger partial charge on any atom is 0.312 e. The fourth-order valence-corrected chi connectivity index (χ4v) is 2.95. The Hall–Kier alpha value is -2.02. The number of thioether (sulfide) groups is 1. The summed E-state index contributed by atoms with van der Waals surface area (Å²) in [6.45, 7) is 0.919. The van der Waals surface area contributed by atoms with Crippen LogP contribution in [-0.4, -0.2) is 48.0 Å². The van der Waals surface area contributed by atoms with E-state index in [-0.39, 0.29) is 11.7 Å². The van der Waals surface area contributed by atoms with Crippen LogP contribution in [0.15, 0.2) is 30.3 Å². The maximum absolute atomic E-state index is 13.0. The first kappa shape index (κ1) is 17.3. The summed E-state index contributed by atoms with van der Waals surface area (Å²) in [4.78, 5) is 25.3. The van der Waals surface area contributed by atoms with Gasteiger partial charge in [0.05, 0.1) is 0 Å². The van der Waals surface area contributed by atoms with Crippen molar-refractivity contribution < 1.29 is 14.0 Å². The maximum atomic E-state index is 13.0. The Balaban J connectivity index is 2.00. The summed E-state index contributed by atoms with van der Waals surface area (Å²) in [6.07, 6.45) is 4.42. The quantitative estimate of drug-likeness (QED) is 0.832. The van der Waals surface area contributed by atoms with E-state index < -0.39 is 12.1 Å². The third-order valence-corrected chi connectivity index (χ3v) is 4.32. The molecule has 1 atom stereocenters. The van der Waals surface area contributed by atoms with Crippen LogP contribution in [0.2, 0.25) is 0 Å². The number of primary amides is 1. The van der Waals surface area contributed by atoms with Crippen LogP contribution in [0.25, 0.3) is 5.57 Å². The Morgan fingerprint density at radius 2 is 2.09 bits per heavy atom. The van der Waals surface area contributed by atoms with Crippen molar-refractivity contribution in [2.75, 3.05) is 25.1 Å². The molecule has 0 aromatic heterocycles. The lowest BCUT2D eigenvalue weighted by molar-refractivity contribution is -0.131. The zero-order valence-corrected chi connectivity index (χ0v) is 13.7. The molecule has 0 spiro atoms. The normalized spacial score (nSPS) is 15.2. The predicted molar refractivity (Wildman–Crippen MR) is 90.5 cm³/mol. The molecule has 0 fully saturated rings. The lowest BCUT2D eigenvalue weighted by Crippen LogP contribution is -2.49. The number of urea groups is 1. The molecule has 5 nitrogen and oxygen atoms in total. The second kappa shape index (κ2) is 8.01. The summed E-state index contributed by atoms with van der Waals surface area (Å²) in [5.74, 6) is 0.317. The smallest absolute Gasteiger partial charge is 0.312 e. The van der Waals surface area contributed by atoms with Crippen molar-refractivity contribution in [3.05, 3.63) is 41.7 Å². The van der Waals surface area contributed by atoms with E-state index in [4.69, 9.17) is 5.73 Å². The van der Waals surface area contributed by atoms with Gasteiger partial charge in [0.25, 0.3) is 0 Å². The van der Waals surface area contributed by atoms with Gasteiger partial charge in [0.1, 0.15) is 11.9 Å². The molecule has 7 heteroatoms. The molecule has 1 aromatic carbocycles. The molecule has 1 heterocycles. The van der Waals surface area contributed by atoms with Gasteiger partial charge in [0.15, 0.2) is 0 Å². The number of nitrogens with zero attached hydrogens (tertiary/aromatic N) is 1. The molecule has 3 N–H and O–H groups in total. The van der Waals surface area contributed by atoms with E-state index in [0.29, 0.717) is 19.5 Å². The van der Waals surface area contributed by atoms with Crippen molar-refractivity contribution in [2.24, 2.45) is 5.73 Å². The highest BCUT2D eigenvalue weighted by Crippen LogP contribution is 2.22. The number of benzene rings is 1. The van der Waals surface area contributed by atoms with E-state index >= 15 is 0 Å². The third kappa shape index (κ3) is 4.72. The molecule has 0 bridgehead atoms. The van der Waals surface area contributed by atoms with Gasteiger partial charge in [0.2, 0.25) is 5.91 Å². The van der Waals surface area contributed by atoms with Crippen LogP contribution < -0.4 is 11.1 Å². The zero-order valence-electron chi connectivity index (χ0n) is 12.9. The van der Waals surface area contributed by atoms with Crippen LogP contribution in [0.5, 0.6) is 0 Å². The topological polar surface area (TPSA) is 75.4 Å². The van der Waals surface area contributed by atoms with Crippen molar-refractivity contribution in [2.45, 2.75) is 12.5 Å². The lowest BCUT2D eigenvalue weighted by atomic mass is 10.1. The van der Waals surface area contributed by atoms with Crippen LogP contribution in [0.3, 0.4) is 0 Å². The second-order valence-electron chi connectivity index (χ2n) is 5.30. The van der Waals surface area contributed by atoms with E-state index in [1.807, 2.05) is 12.3 Å². The van der Waals surface area contributed by atoms with E-state index in [9.17, 15) is 14.0 Å². The van der Waals surface area contributed by atoms with Gasteiger partial charge in [0, 0.05) is 13.1 Å². The van der Waals surface area contributed by atoms with Gasteiger partial charge in [-0.1, -0.05) is 18.2 Å². The van der Waals surface area contributed by atoms with Gasteiger partial charge in [-0.05, 0) is 41.7 Å². The summed E-state index contributed by atoms with van der Waals surface area (Å²) >= 11 is 1.60. The number of hydrogen-bond acceptors (Lipinski definition) is 3. The first-order valence-electron chi connectivity index (χ1n) is 7.30. The van der Waals surface area contributed by atoms with Gasteiger partial charge >= 0.3 is 6.03 Å². The first-order valence-corrected chi connectivity index (χ1v) is 8.69. The average Bonchev–Trinajstić information content (AvgIpc) is 3.01. The largest absolute Gasteiger partial charge is 0.352 e. The zero-order chi connectivity index (χ0) is 16.8. The average molecular weight is 337 g/mol. The summed E-state index contributed by atoms with van der Waals surface area (Å²) in [7, 11) is 0. The van der Waals surface area contributed by atoms with E-state index in [1.54, 1.807) is 28.8 Å². The monoisotopic (exact) mass is 337 g/mol. The molecule has 3 amide bonds. The third-order valence-electron chi connectivity index (χ3n) is 3.67. The molecule has 0 saturated heterocycles. The number of nitrogens with one attached hydrogen (secondary N) is 1. The van der Waals surface area contributed by atoms with Crippen molar-refractivity contribution in [1.29, 1.82) is 0 Å². The fourth-order valence-electron chi connectivity index (χ4n) is 2.48. The number of carbonyl (C=O) groups is 2. The Morgan fingerprint density at radius 3 is 2.70 bits per heavy atom. The molecular weight excluding hydrogens is 317 g/mol. The van der Waals surface area contributed by atoms with Gasteiger partial charge in [-0.15, -0.1) is 0 Å². The molecular formula is C16H20FN3O2S. The Labute approximate surface area is 139 Å². The Morgan fingerprint density at radius 1 is 1.39 bits per heavy atom. The van der Waals surface area contributed by atoms with Crippen LogP contribution in [0.4, 0.5) is 9.18 Å². The number of rotatable bonds is 6. The Bertz CT molecular complexity index is 604. The highest BCUT2D eigenvalue weighted by Gasteiger charge is 2.27. The van der Waals surface area contributed by atoms with Crippen molar-refractivity contribution in [3.63, 3.8) is 0 Å². The van der Waals surface area contributed by atoms with Crippen LogP contribution in [-0.2, 0) is 4.79 Å². The van der Waals surface area contributed by atoms with Gasteiger partial charge < -0.3 is 16.0 Å². The molecule has 1 aliphatic heterocycles. The summed E-state index contributed by atoms with van der Waals surface area (Å²) in [6, 6.07) is 4.88. The molecule has 1 aromatic rings. The van der Waals surface area contributed by atoms with Crippen molar-refractivity contribution >= 4 is 29.3 Å². The Kier molecular flexibility index (Phi) is 6.04. The minimum Gasteiger partial charge on any atom is -0.352 e. The summed E-state index contributed by atoms with van der Waals surface area (Å²) in [5, 5.41) is 2.51. The molecule has 23 heavy (non-hydrogen) atoms. The van der Waals surface area contributed by atoms with Crippen molar-refractivity contribution in [1.82, 2.24) is 10.2 Å². The number of hydrogen-bond donors (Lipinski definition) is 2. The van der Waals surface area contributed by atoms with Crippen LogP contribution in [0.1, 0.15) is 12.0 Å². The van der Waals surface area contributed by atoms with E-state index in [1.165, 1.54) is 12.1 Å². The minimum absolute atomic E-state index is 0.147. The van der Waals surface area contributed by atoms with Gasteiger partial charge in [-0.2, -0.15) is 11.8 Å². The SMILES string of the molecule is CSCC[C@H](NC(N)=O)C(=O)N1CC=C(c2ccc(F)cc2)C1. The van der Waals surface area contributed by atoms with Crippen LogP contribution in [0, 0.1) is 5.82 Å². The highest BCUT2D eigenvalue weighted by atomic mass is 32.2. The molecule has 1 aliphatic rings. The molecule has 124 valence electrons. The molecule has 0 unspecified atom stereocenters. The predicted octanol–water partition coefficient (Wildman–Crippen LogP) is 1.84. The minimum atomic E-state index is -0.699. The molecule has 2 rings (SSSR count). The lowest BCUT2D eigenvalue weighted by Gasteiger charge is -2.23. The van der Waals surface area contributed by atoms with Gasteiger partial charge in [-0.25, -0.2) is 9.18 Å². The highest BCUT2D eigenvalue weighted by molar-refractivity contribution is 7.98. The van der Waals surface area contributed by atoms with Crippen molar-refractivity contribution in [3.8, 4) is 0 Å². The summed E-state index contributed by atoms with van der Waals surface area (Å²) < 4.78 is 13.0. The standard InChI is InChI=1S/C16H20FN3O2S/c1-23-9-7-14(19-16(18)22)15(21)20-8-6-12(10-20)11-2-4-13(17)5-3-11/h2-6,14H,7-10H2,1H3,(H3,18,19,22)/t14-/m0/s1. The number of halogens is 1. The fraction of sp³-hybridized carbons (Fsp3) is 0.375. The number of amides is 3.